The largest absolute Gasteiger partial charge is 0.338 e. The van der Waals surface area contributed by atoms with Crippen LogP contribution >= 0.6 is 0 Å². The summed E-state index contributed by atoms with van der Waals surface area (Å²) in [4.78, 5) is 13.0. The zero-order valence-corrected chi connectivity index (χ0v) is 10.1. The van der Waals surface area contributed by atoms with E-state index in [4.69, 9.17) is 0 Å². The minimum absolute atomic E-state index is 0.120. The Kier molecular flexibility index (Phi) is 4.37. The van der Waals surface area contributed by atoms with E-state index in [9.17, 15) is 13.6 Å². The molecule has 1 aromatic rings. The summed E-state index contributed by atoms with van der Waals surface area (Å²) in [5.74, 6) is -1.46. The SMILES string of the molecule is CC(C)=CC(=O)N(C)Cc1ccc(F)cc1F. The van der Waals surface area contributed by atoms with Gasteiger partial charge < -0.3 is 4.90 Å². The highest BCUT2D eigenvalue weighted by Crippen LogP contribution is 2.11. The zero-order chi connectivity index (χ0) is 13.0. The van der Waals surface area contributed by atoms with E-state index in [1.165, 1.54) is 23.1 Å². The van der Waals surface area contributed by atoms with Crippen LogP contribution in [0.1, 0.15) is 19.4 Å². The van der Waals surface area contributed by atoms with Crippen molar-refractivity contribution in [2.45, 2.75) is 20.4 Å². The molecule has 0 atom stereocenters. The summed E-state index contributed by atoms with van der Waals surface area (Å²) in [5.41, 5.74) is 1.17. The fourth-order valence-corrected chi connectivity index (χ4v) is 1.34. The van der Waals surface area contributed by atoms with Gasteiger partial charge >= 0.3 is 0 Å². The lowest BCUT2D eigenvalue weighted by Crippen LogP contribution is -2.25. The quantitative estimate of drug-likeness (QED) is 0.743. The molecule has 0 fully saturated rings. The van der Waals surface area contributed by atoms with E-state index < -0.39 is 11.6 Å². The number of amides is 1. The van der Waals surface area contributed by atoms with Gasteiger partial charge in [0.25, 0.3) is 0 Å². The summed E-state index contributed by atoms with van der Waals surface area (Å²) in [5, 5.41) is 0. The average molecular weight is 239 g/mol. The van der Waals surface area contributed by atoms with Crippen LogP contribution in [0.3, 0.4) is 0 Å². The highest BCUT2D eigenvalue weighted by atomic mass is 19.1. The molecule has 0 spiro atoms. The predicted octanol–water partition coefficient (Wildman–Crippen LogP) is 2.89. The van der Waals surface area contributed by atoms with Gasteiger partial charge in [-0.1, -0.05) is 11.6 Å². The molecule has 0 radical (unpaired) electrons. The molecular formula is C13H15F2NO. The van der Waals surface area contributed by atoms with Crippen LogP contribution in [0.2, 0.25) is 0 Å². The molecule has 1 amide bonds. The Morgan fingerprint density at radius 1 is 1.35 bits per heavy atom. The topological polar surface area (TPSA) is 20.3 Å². The van der Waals surface area contributed by atoms with Crippen molar-refractivity contribution in [1.29, 1.82) is 0 Å². The smallest absolute Gasteiger partial charge is 0.246 e. The van der Waals surface area contributed by atoms with Crippen LogP contribution in [0.25, 0.3) is 0 Å². The van der Waals surface area contributed by atoms with E-state index in [1.807, 2.05) is 13.8 Å². The van der Waals surface area contributed by atoms with Crippen LogP contribution in [0.4, 0.5) is 8.78 Å². The van der Waals surface area contributed by atoms with Crippen molar-refractivity contribution in [2.24, 2.45) is 0 Å². The molecule has 0 unspecified atom stereocenters. The molecule has 17 heavy (non-hydrogen) atoms. The van der Waals surface area contributed by atoms with Gasteiger partial charge in [-0.15, -0.1) is 0 Å². The molecule has 1 rings (SSSR count). The van der Waals surface area contributed by atoms with E-state index >= 15 is 0 Å². The molecule has 0 aliphatic heterocycles. The lowest BCUT2D eigenvalue weighted by Gasteiger charge is -2.16. The minimum Gasteiger partial charge on any atom is -0.338 e. The maximum atomic E-state index is 13.3. The lowest BCUT2D eigenvalue weighted by molar-refractivity contribution is -0.125. The maximum absolute atomic E-state index is 13.3. The second-order valence-corrected chi connectivity index (χ2v) is 4.15. The Morgan fingerprint density at radius 2 is 2.00 bits per heavy atom. The number of likely N-dealkylation sites (N-methyl/N-ethyl adjacent to an activating group) is 1. The Labute approximate surface area is 99.5 Å². The Hall–Kier alpha value is -1.71. The fraction of sp³-hybridized carbons (Fsp3) is 0.308. The molecule has 92 valence electrons. The molecule has 0 saturated heterocycles. The van der Waals surface area contributed by atoms with Crippen LogP contribution in [0, 0.1) is 11.6 Å². The monoisotopic (exact) mass is 239 g/mol. The Morgan fingerprint density at radius 3 is 2.53 bits per heavy atom. The number of hydrogen-bond acceptors (Lipinski definition) is 1. The molecule has 0 aliphatic carbocycles. The summed E-state index contributed by atoms with van der Waals surface area (Å²) >= 11 is 0. The summed E-state index contributed by atoms with van der Waals surface area (Å²) < 4.78 is 26.0. The normalized spacial score (nSPS) is 9.94. The van der Waals surface area contributed by atoms with Crippen LogP contribution in [0.5, 0.6) is 0 Å². The number of nitrogens with zero attached hydrogens (tertiary/aromatic N) is 1. The van der Waals surface area contributed by atoms with Gasteiger partial charge in [0, 0.05) is 31.3 Å². The summed E-state index contributed by atoms with van der Waals surface area (Å²) in [7, 11) is 1.57. The third kappa shape index (κ3) is 3.98. The molecule has 0 N–H and O–H groups in total. The van der Waals surface area contributed by atoms with Gasteiger partial charge in [-0.2, -0.15) is 0 Å². The number of allylic oxidation sites excluding steroid dienone is 1. The highest BCUT2D eigenvalue weighted by molar-refractivity contribution is 5.87. The fourth-order valence-electron chi connectivity index (χ4n) is 1.34. The van der Waals surface area contributed by atoms with Gasteiger partial charge in [-0.3, -0.25) is 4.79 Å². The van der Waals surface area contributed by atoms with Crippen LogP contribution in [-0.2, 0) is 11.3 Å². The third-order valence-electron chi connectivity index (χ3n) is 2.21. The molecular weight excluding hydrogens is 224 g/mol. The molecule has 0 aliphatic rings. The lowest BCUT2D eigenvalue weighted by atomic mass is 10.2. The van der Waals surface area contributed by atoms with Crippen molar-refractivity contribution in [2.75, 3.05) is 7.05 Å². The number of carbonyl (C=O) groups is 1. The van der Waals surface area contributed by atoms with Crippen molar-refractivity contribution in [3.8, 4) is 0 Å². The van der Waals surface area contributed by atoms with Gasteiger partial charge in [0.2, 0.25) is 5.91 Å². The molecule has 4 heteroatoms. The van der Waals surface area contributed by atoms with E-state index in [1.54, 1.807) is 7.05 Å². The number of rotatable bonds is 3. The van der Waals surface area contributed by atoms with Gasteiger partial charge in [0.1, 0.15) is 11.6 Å². The first-order chi connectivity index (χ1) is 7.90. The summed E-state index contributed by atoms with van der Waals surface area (Å²) in [6, 6.07) is 3.34. The first-order valence-electron chi connectivity index (χ1n) is 5.24. The summed E-state index contributed by atoms with van der Waals surface area (Å²) in [6.07, 6.45) is 1.47. The second-order valence-electron chi connectivity index (χ2n) is 4.15. The third-order valence-corrected chi connectivity index (χ3v) is 2.21. The van der Waals surface area contributed by atoms with E-state index in [2.05, 4.69) is 0 Å². The minimum atomic E-state index is -0.637. The van der Waals surface area contributed by atoms with Crippen molar-refractivity contribution < 1.29 is 13.6 Å². The maximum Gasteiger partial charge on any atom is 0.246 e. The van der Waals surface area contributed by atoms with Gasteiger partial charge in [-0.05, 0) is 19.9 Å². The van der Waals surface area contributed by atoms with Crippen LogP contribution < -0.4 is 0 Å². The van der Waals surface area contributed by atoms with Crippen molar-refractivity contribution >= 4 is 5.91 Å². The number of hydrogen-bond donors (Lipinski definition) is 0. The Balaban J connectivity index is 2.78. The molecule has 0 aromatic heterocycles. The van der Waals surface area contributed by atoms with Crippen molar-refractivity contribution in [3.05, 3.63) is 47.0 Å². The van der Waals surface area contributed by atoms with Gasteiger partial charge in [0.05, 0.1) is 0 Å². The standard InChI is InChI=1S/C13H15F2NO/c1-9(2)6-13(17)16(3)8-10-4-5-11(14)7-12(10)15/h4-7H,8H2,1-3H3. The predicted molar refractivity (Wildman–Crippen MR) is 62.3 cm³/mol. The first kappa shape index (κ1) is 13.4. The number of halogens is 2. The zero-order valence-electron chi connectivity index (χ0n) is 10.1. The van der Waals surface area contributed by atoms with Gasteiger partial charge in [-0.25, -0.2) is 8.78 Å². The molecule has 0 bridgehead atoms. The second kappa shape index (κ2) is 5.57. The molecule has 2 nitrogen and oxygen atoms in total. The summed E-state index contributed by atoms with van der Waals surface area (Å²) in [6.45, 7) is 3.74. The number of benzene rings is 1. The van der Waals surface area contributed by atoms with Gasteiger partial charge in [0.15, 0.2) is 0 Å². The van der Waals surface area contributed by atoms with E-state index in [-0.39, 0.29) is 12.5 Å². The molecule has 0 saturated carbocycles. The molecule has 1 aromatic carbocycles. The average Bonchev–Trinajstić information content (AvgIpc) is 2.21. The van der Waals surface area contributed by atoms with E-state index in [0.717, 1.165) is 11.6 Å². The van der Waals surface area contributed by atoms with Crippen molar-refractivity contribution in [1.82, 2.24) is 4.90 Å². The Bertz CT molecular complexity index is 451. The first-order valence-corrected chi connectivity index (χ1v) is 5.24. The van der Waals surface area contributed by atoms with Crippen LogP contribution in [0.15, 0.2) is 29.8 Å². The van der Waals surface area contributed by atoms with E-state index in [0.29, 0.717) is 5.56 Å². The molecule has 0 heterocycles. The van der Waals surface area contributed by atoms with Crippen LogP contribution in [-0.4, -0.2) is 17.9 Å². The highest BCUT2D eigenvalue weighted by Gasteiger charge is 2.10. The van der Waals surface area contributed by atoms with Crippen molar-refractivity contribution in [3.63, 3.8) is 0 Å². The number of carbonyl (C=O) groups excluding carboxylic acids is 1.